The van der Waals surface area contributed by atoms with Crippen LogP contribution < -0.4 is 0 Å². The van der Waals surface area contributed by atoms with Crippen LogP contribution in [-0.2, 0) is 27.2 Å². The van der Waals surface area contributed by atoms with Crippen LogP contribution in [-0.4, -0.2) is 67.3 Å². The Morgan fingerprint density at radius 3 is 2.74 bits per heavy atom. The van der Waals surface area contributed by atoms with Gasteiger partial charge in [-0.3, -0.25) is 9.69 Å². The molecule has 150 valence electrons. The van der Waals surface area contributed by atoms with E-state index in [0.29, 0.717) is 6.61 Å². The molecule has 4 heterocycles. The molecule has 1 aromatic heterocycles. The summed E-state index contributed by atoms with van der Waals surface area (Å²) in [7, 11) is 0. The number of piperidine rings is 1. The van der Waals surface area contributed by atoms with Gasteiger partial charge in [0.1, 0.15) is 11.5 Å². The highest BCUT2D eigenvalue weighted by molar-refractivity contribution is 5.79. The second-order valence-corrected chi connectivity index (χ2v) is 8.25. The van der Waals surface area contributed by atoms with Gasteiger partial charge in [0.2, 0.25) is 5.91 Å². The Morgan fingerprint density at radius 2 is 2.00 bits per heavy atom. The van der Waals surface area contributed by atoms with Crippen LogP contribution in [0.4, 0.5) is 0 Å². The molecular weight excluding hydrogens is 344 g/mol. The quantitative estimate of drug-likeness (QED) is 0.790. The largest absolute Gasteiger partial charge is 0.465 e. The van der Waals surface area contributed by atoms with Crippen LogP contribution in [0, 0.1) is 5.92 Å². The second-order valence-electron chi connectivity index (χ2n) is 8.25. The van der Waals surface area contributed by atoms with Gasteiger partial charge in [0.25, 0.3) is 0 Å². The number of ether oxygens (including phenoxy) is 2. The SMILES string of the molecule is CCCc1ccc(CN2CCOC3(CCN(C(=O)C4CCOC4)CC3)C2)o1. The smallest absolute Gasteiger partial charge is 0.228 e. The second kappa shape index (κ2) is 8.33. The van der Waals surface area contributed by atoms with E-state index in [1.165, 1.54) is 0 Å². The summed E-state index contributed by atoms with van der Waals surface area (Å²) >= 11 is 0. The minimum absolute atomic E-state index is 0.0686. The molecule has 1 amide bonds. The highest BCUT2D eigenvalue weighted by Gasteiger charge is 2.41. The predicted octanol–water partition coefficient (Wildman–Crippen LogP) is 2.46. The third-order valence-electron chi connectivity index (χ3n) is 6.19. The summed E-state index contributed by atoms with van der Waals surface area (Å²) in [6, 6.07) is 4.21. The van der Waals surface area contributed by atoms with Crippen molar-refractivity contribution in [2.75, 3.05) is 46.0 Å². The minimum Gasteiger partial charge on any atom is -0.465 e. The summed E-state index contributed by atoms with van der Waals surface area (Å²) in [5.41, 5.74) is -0.111. The fourth-order valence-electron chi connectivity index (χ4n) is 4.59. The van der Waals surface area contributed by atoms with Crippen molar-refractivity contribution in [3.63, 3.8) is 0 Å². The summed E-state index contributed by atoms with van der Waals surface area (Å²) < 4.78 is 17.6. The van der Waals surface area contributed by atoms with Crippen LogP contribution in [0.2, 0.25) is 0 Å². The fraction of sp³-hybridized carbons (Fsp3) is 0.762. The lowest BCUT2D eigenvalue weighted by Gasteiger charge is -2.47. The first-order chi connectivity index (χ1) is 13.2. The monoisotopic (exact) mass is 376 g/mol. The lowest BCUT2D eigenvalue weighted by Crippen LogP contribution is -2.57. The number of hydrogen-bond donors (Lipinski definition) is 0. The third kappa shape index (κ3) is 4.39. The molecule has 1 spiro atoms. The summed E-state index contributed by atoms with van der Waals surface area (Å²) in [5.74, 6) is 2.47. The highest BCUT2D eigenvalue weighted by Crippen LogP contribution is 2.32. The third-order valence-corrected chi connectivity index (χ3v) is 6.19. The fourth-order valence-corrected chi connectivity index (χ4v) is 4.59. The van der Waals surface area contributed by atoms with Crippen LogP contribution in [0.5, 0.6) is 0 Å². The average Bonchev–Trinajstić information content (AvgIpc) is 3.35. The zero-order valence-electron chi connectivity index (χ0n) is 16.5. The van der Waals surface area contributed by atoms with E-state index < -0.39 is 0 Å². The number of hydrogen-bond acceptors (Lipinski definition) is 5. The number of likely N-dealkylation sites (tertiary alicyclic amines) is 1. The number of amides is 1. The summed E-state index contributed by atoms with van der Waals surface area (Å²) in [6.45, 7) is 8.54. The van der Waals surface area contributed by atoms with Crippen LogP contribution in [0.25, 0.3) is 0 Å². The van der Waals surface area contributed by atoms with Crippen molar-refractivity contribution in [3.8, 4) is 0 Å². The van der Waals surface area contributed by atoms with E-state index in [4.69, 9.17) is 13.9 Å². The van der Waals surface area contributed by atoms with Crippen molar-refractivity contribution in [2.45, 2.75) is 51.2 Å². The lowest BCUT2D eigenvalue weighted by molar-refractivity contribution is -0.154. The topological polar surface area (TPSA) is 55.2 Å². The molecule has 1 atom stereocenters. The molecule has 0 N–H and O–H groups in total. The molecule has 0 saturated carbocycles. The van der Waals surface area contributed by atoms with Gasteiger partial charge >= 0.3 is 0 Å². The van der Waals surface area contributed by atoms with E-state index in [9.17, 15) is 4.79 Å². The van der Waals surface area contributed by atoms with Crippen molar-refractivity contribution in [1.29, 1.82) is 0 Å². The Morgan fingerprint density at radius 1 is 1.19 bits per heavy atom. The maximum absolute atomic E-state index is 12.6. The Bertz CT molecular complexity index is 630. The van der Waals surface area contributed by atoms with Gasteiger partial charge < -0.3 is 18.8 Å². The standard InChI is InChI=1S/C21H32N2O4/c1-2-3-18-4-5-19(27-18)14-22-11-13-26-21(16-22)7-9-23(10-8-21)20(24)17-6-12-25-15-17/h4-5,17H,2-3,6-16H2,1H3. The normalized spacial score (nSPS) is 26.0. The molecule has 6 nitrogen and oxygen atoms in total. The lowest BCUT2D eigenvalue weighted by atomic mass is 9.88. The molecule has 3 aliphatic heterocycles. The summed E-state index contributed by atoms with van der Waals surface area (Å²) in [4.78, 5) is 17.1. The van der Waals surface area contributed by atoms with Gasteiger partial charge in [0.05, 0.1) is 31.3 Å². The Balaban J connectivity index is 1.30. The van der Waals surface area contributed by atoms with Gasteiger partial charge in [0, 0.05) is 39.2 Å². The van der Waals surface area contributed by atoms with Gasteiger partial charge in [-0.2, -0.15) is 0 Å². The molecule has 3 saturated heterocycles. The van der Waals surface area contributed by atoms with Crippen molar-refractivity contribution in [3.05, 3.63) is 23.7 Å². The molecule has 0 bridgehead atoms. The first-order valence-electron chi connectivity index (χ1n) is 10.5. The average molecular weight is 376 g/mol. The number of carbonyl (C=O) groups excluding carboxylic acids is 1. The van der Waals surface area contributed by atoms with E-state index in [0.717, 1.165) is 89.6 Å². The molecule has 27 heavy (non-hydrogen) atoms. The van der Waals surface area contributed by atoms with E-state index in [2.05, 4.69) is 24.0 Å². The van der Waals surface area contributed by atoms with Crippen molar-refractivity contribution >= 4 is 5.91 Å². The number of morpholine rings is 1. The molecule has 4 rings (SSSR count). The van der Waals surface area contributed by atoms with Crippen molar-refractivity contribution < 1.29 is 18.7 Å². The van der Waals surface area contributed by atoms with Crippen LogP contribution in [0.1, 0.15) is 44.1 Å². The molecular formula is C21H32N2O4. The molecule has 0 radical (unpaired) electrons. The Hall–Kier alpha value is -1.37. The number of aryl methyl sites for hydroxylation is 1. The van der Waals surface area contributed by atoms with Gasteiger partial charge in [-0.15, -0.1) is 0 Å². The number of nitrogens with zero attached hydrogens (tertiary/aromatic N) is 2. The number of carbonyl (C=O) groups is 1. The molecule has 3 fully saturated rings. The van der Waals surface area contributed by atoms with Gasteiger partial charge in [-0.05, 0) is 37.8 Å². The molecule has 0 aromatic carbocycles. The van der Waals surface area contributed by atoms with Gasteiger partial charge in [-0.1, -0.05) is 6.92 Å². The van der Waals surface area contributed by atoms with E-state index in [-0.39, 0.29) is 17.4 Å². The summed E-state index contributed by atoms with van der Waals surface area (Å²) in [6.07, 6.45) is 4.82. The zero-order valence-corrected chi connectivity index (χ0v) is 16.5. The van der Waals surface area contributed by atoms with E-state index in [1.807, 2.05) is 4.90 Å². The van der Waals surface area contributed by atoms with Crippen LogP contribution in [0.15, 0.2) is 16.5 Å². The predicted molar refractivity (Wildman–Crippen MR) is 101 cm³/mol. The van der Waals surface area contributed by atoms with Crippen molar-refractivity contribution in [1.82, 2.24) is 9.80 Å². The number of rotatable bonds is 5. The molecule has 3 aliphatic rings. The zero-order chi connectivity index (χ0) is 18.7. The van der Waals surface area contributed by atoms with Crippen molar-refractivity contribution in [2.24, 2.45) is 5.92 Å². The minimum atomic E-state index is -0.111. The van der Waals surface area contributed by atoms with Gasteiger partial charge in [-0.25, -0.2) is 0 Å². The first kappa shape index (κ1) is 19.0. The van der Waals surface area contributed by atoms with E-state index >= 15 is 0 Å². The Labute approximate surface area is 161 Å². The molecule has 0 aliphatic carbocycles. The maximum atomic E-state index is 12.6. The maximum Gasteiger partial charge on any atom is 0.228 e. The van der Waals surface area contributed by atoms with Crippen LogP contribution >= 0.6 is 0 Å². The molecule has 6 heteroatoms. The van der Waals surface area contributed by atoms with E-state index in [1.54, 1.807) is 0 Å². The Kier molecular flexibility index (Phi) is 5.85. The summed E-state index contributed by atoms with van der Waals surface area (Å²) in [5, 5.41) is 0. The molecule has 1 unspecified atom stereocenters. The van der Waals surface area contributed by atoms with Crippen LogP contribution in [0.3, 0.4) is 0 Å². The van der Waals surface area contributed by atoms with Gasteiger partial charge in [0.15, 0.2) is 0 Å². The first-order valence-corrected chi connectivity index (χ1v) is 10.5. The molecule has 1 aromatic rings. The highest BCUT2D eigenvalue weighted by atomic mass is 16.5. The number of furan rings is 1.